The van der Waals surface area contributed by atoms with Gasteiger partial charge in [0, 0.05) is 12.1 Å². The maximum Gasteiger partial charge on any atom is 0.286 e. The van der Waals surface area contributed by atoms with Crippen LogP contribution in [0.4, 0.5) is 5.69 Å². The van der Waals surface area contributed by atoms with Crippen LogP contribution >= 0.6 is 0 Å². The minimum Gasteiger partial charge on any atom is -0.349 e. The summed E-state index contributed by atoms with van der Waals surface area (Å²) in [4.78, 5) is 35.4. The van der Waals surface area contributed by atoms with Gasteiger partial charge in [0.2, 0.25) is 0 Å². The molecule has 0 aliphatic heterocycles. The van der Waals surface area contributed by atoms with Crippen LogP contribution in [-0.4, -0.2) is 21.9 Å². The van der Waals surface area contributed by atoms with E-state index in [1.54, 1.807) is 0 Å². The van der Waals surface area contributed by atoms with Crippen molar-refractivity contribution in [3.63, 3.8) is 0 Å². The minimum atomic E-state index is -0.663. The second kappa shape index (κ2) is 5.95. The molecule has 1 rings (SSSR count). The lowest BCUT2D eigenvalue weighted by molar-refractivity contribution is -0.385. The lowest BCUT2D eigenvalue weighted by atomic mass is 10.1. The number of nitrogens with one attached hydrogen (secondary N) is 2. The molecule has 7 nitrogen and oxygen atoms in total. The van der Waals surface area contributed by atoms with E-state index in [-0.39, 0.29) is 17.3 Å². The van der Waals surface area contributed by atoms with Crippen LogP contribution in [0, 0.1) is 10.1 Å². The van der Waals surface area contributed by atoms with E-state index in [0.717, 1.165) is 25.1 Å². The number of H-pyrrole nitrogens is 1. The number of rotatable bonds is 5. The normalized spacial score (nSPS) is 10.4. The van der Waals surface area contributed by atoms with Gasteiger partial charge in [-0.1, -0.05) is 13.8 Å². The maximum atomic E-state index is 11.8. The molecule has 1 heterocycles. The molecule has 0 aliphatic rings. The number of pyridine rings is 1. The number of carbonyl (C=O) groups excluding carboxylic acids is 1. The quantitative estimate of drug-likeness (QED) is 0.607. The molecule has 0 spiro atoms. The number of nitro groups is 1. The molecule has 18 heavy (non-hydrogen) atoms. The fourth-order valence-electron chi connectivity index (χ4n) is 1.50. The molecule has 1 aromatic heterocycles. The largest absolute Gasteiger partial charge is 0.349 e. The lowest BCUT2D eigenvalue weighted by Gasteiger charge is -2.13. The van der Waals surface area contributed by atoms with E-state index in [0.29, 0.717) is 0 Å². The van der Waals surface area contributed by atoms with Crippen LogP contribution in [0.3, 0.4) is 0 Å². The standard InChI is InChI=1S/C11H15N3O4/c1-3-7(4-2)13-11(16)9-5-8(14(17)18)6-12-10(9)15/h5-7H,3-4H2,1-2H3,(H,12,15)(H,13,16). The van der Waals surface area contributed by atoms with Crippen LogP contribution in [0.1, 0.15) is 37.0 Å². The Morgan fingerprint density at radius 2 is 2.11 bits per heavy atom. The average Bonchev–Trinajstić information content (AvgIpc) is 2.35. The van der Waals surface area contributed by atoms with Crippen molar-refractivity contribution >= 4 is 11.6 Å². The van der Waals surface area contributed by atoms with Gasteiger partial charge in [-0.25, -0.2) is 0 Å². The Labute approximate surface area is 103 Å². The number of aromatic amines is 1. The van der Waals surface area contributed by atoms with Crippen LogP contribution in [0.25, 0.3) is 0 Å². The monoisotopic (exact) mass is 253 g/mol. The number of hydrogen-bond donors (Lipinski definition) is 2. The average molecular weight is 253 g/mol. The van der Waals surface area contributed by atoms with E-state index >= 15 is 0 Å². The predicted octanol–water partition coefficient (Wildman–Crippen LogP) is 1.20. The van der Waals surface area contributed by atoms with E-state index in [2.05, 4.69) is 10.3 Å². The number of nitrogens with zero attached hydrogens (tertiary/aromatic N) is 1. The first-order chi connectivity index (χ1) is 8.49. The van der Waals surface area contributed by atoms with E-state index < -0.39 is 16.4 Å². The van der Waals surface area contributed by atoms with Gasteiger partial charge in [-0.2, -0.15) is 0 Å². The maximum absolute atomic E-state index is 11.8. The van der Waals surface area contributed by atoms with E-state index in [1.165, 1.54) is 0 Å². The molecular formula is C11H15N3O4. The van der Waals surface area contributed by atoms with Crippen LogP contribution in [0.5, 0.6) is 0 Å². The predicted molar refractivity (Wildman–Crippen MR) is 65.6 cm³/mol. The van der Waals surface area contributed by atoms with Gasteiger partial charge >= 0.3 is 0 Å². The zero-order chi connectivity index (χ0) is 13.7. The third-order valence-electron chi connectivity index (χ3n) is 2.66. The fourth-order valence-corrected chi connectivity index (χ4v) is 1.50. The second-order valence-corrected chi connectivity index (χ2v) is 3.84. The highest BCUT2D eigenvalue weighted by molar-refractivity contribution is 5.94. The molecule has 0 saturated carbocycles. The molecule has 7 heteroatoms. The van der Waals surface area contributed by atoms with Gasteiger partial charge in [0.05, 0.1) is 11.1 Å². The zero-order valence-electron chi connectivity index (χ0n) is 10.2. The Hall–Kier alpha value is -2.18. The summed E-state index contributed by atoms with van der Waals surface area (Å²) in [6.07, 6.45) is 2.43. The highest BCUT2D eigenvalue weighted by Gasteiger charge is 2.17. The summed E-state index contributed by atoms with van der Waals surface area (Å²) in [6, 6.07) is 0.937. The van der Waals surface area contributed by atoms with Crippen LogP contribution < -0.4 is 10.9 Å². The Bertz CT molecular complexity index is 505. The van der Waals surface area contributed by atoms with Gasteiger partial charge in [0.1, 0.15) is 5.56 Å². The summed E-state index contributed by atoms with van der Waals surface area (Å²) < 4.78 is 0. The molecular weight excluding hydrogens is 238 g/mol. The van der Waals surface area contributed by atoms with Crippen molar-refractivity contribution in [1.82, 2.24) is 10.3 Å². The molecule has 2 N–H and O–H groups in total. The zero-order valence-corrected chi connectivity index (χ0v) is 10.2. The molecule has 1 aromatic rings. The Kier molecular flexibility index (Phi) is 4.59. The molecule has 0 radical (unpaired) electrons. The van der Waals surface area contributed by atoms with E-state index in [9.17, 15) is 19.7 Å². The third kappa shape index (κ3) is 3.16. The van der Waals surface area contributed by atoms with Gasteiger partial charge in [0.15, 0.2) is 0 Å². The number of amides is 1. The molecule has 0 bridgehead atoms. The number of carbonyl (C=O) groups is 1. The first-order valence-electron chi connectivity index (χ1n) is 5.67. The summed E-state index contributed by atoms with van der Waals surface area (Å²) >= 11 is 0. The van der Waals surface area contributed by atoms with Crippen molar-refractivity contribution in [2.24, 2.45) is 0 Å². The van der Waals surface area contributed by atoms with Crippen molar-refractivity contribution in [3.8, 4) is 0 Å². The third-order valence-corrected chi connectivity index (χ3v) is 2.66. The summed E-state index contributed by atoms with van der Waals surface area (Å²) in [5.41, 5.74) is -1.19. The Morgan fingerprint density at radius 1 is 1.50 bits per heavy atom. The topological polar surface area (TPSA) is 105 Å². The number of hydrogen-bond acceptors (Lipinski definition) is 4. The SMILES string of the molecule is CCC(CC)NC(=O)c1cc([N+](=O)[O-])c[nH]c1=O. The molecule has 0 unspecified atom stereocenters. The highest BCUT2D eigenvalue weighted by atomic mass is 16.6. The Balaban J connectivity index is 3.01. The summed E-state index contributed by atoms with van der Waals surface area (Å²) in [7, 11) is 0. The minimum absolute atomic E-state index is 0.0452. The molecule has 0 aromatic carbocycles. The van der Waals surface area contributed by atoms with Gasteiger partial charge in [0.25, 0.3) is 17.2 Å². The molecule has 0 aliphatic carbocycles. The number of aromatic nitrogens is 1. The molecule has 0 saturated heterocycles. The highest BCUT2D eigenvalue weighted by Crippen LogP contribution is 2.08. The van der Waals surface area contributed by atoms with Crippen molar-refractivity contribution < 1.29 is 9.72 Å². The van der Waals surface area contributed by atoms with Crippen LogP contribution in [0.2, 0.25) is 0 Å². The van der Waals surface area contributed by atoms with E-state index in [4.69, 9.17) is 0 Å². The van der Waals surface area contributed by atoms with Crippen molar-refractivity contribution in [1.29, 1.82) is 0 Å². The van der Waals surface area contributed by atoms with Crippen LogP contribution in [-0.2, 0) is 0 Å². The van der Waals surface area contributed by atoms with E-state index in [1.807, 2.05) is 13.8 Å². The molecule has 1 amide bonds. The summed E-state index contributed by atoms with van der Waals surface area (Å²) in [5.74, 6) is -0.589. The van der Waals surface area contributed by atoms with Gasteiger partial charge in [-0.15, -0.1) is 0 Å². The second-order valence-electron chi connectivity index (χ2n) is 3.84. The van der Waals surface area contributed by atoms with Crippen molar-refractivity contribution in [3.05, 3.63) is 38.3 Å². The first kappa shape index (κ1) is 13.9. The smallest absolute Gasteiger partial charge is 0.286 e. The van der Waals surface area contributed by atoms with Gasteiger partial charge < -0.3 is 10.3 Å². The van der Waals surface area contributed by atoms with Crippen molar-refractivity contribution in [2.75, 3.05) is 0 Å². The van der Waals surface area contributed by atoms with Crippen LogP contribution in [0.15, 0.2) is 17.1 Å². The van der Waals surface area contributed by atoms with Crippen molar-refractivity contribution in [2.45, 2.75) is 32.7 Å². The summed E-state index contributed by atoms with van der Waals surface area (Å²) in [5, 5.41) is 13.2. The Morgan fingerprint density at radius 3 is 2.61 bits per heavy atom. The lowest BCUT2D eigenvalue weighted by Crippen LogP contribution is -2.36. The molecule has 0 atom stereocenters. The van der Waals surface area contributed by atoms with Gasteiger partial charge in [-0.05, 0) is 12.8 Å². The molecule has 98 valence electrons. The first-order valence-corrected chi connectivity index (χ1v) is 5.67. The fraction of sp³-hybridized carbons (Fsp3) is 0.455. The summed E-state index contributed by atoms with van der Waals surface area (Å²) in [6.45, 7) is 3.82. The molecule has 0 fully saturated rings. The van der Waals surface area contributed by atoms with Gasteiger partial charge in [-0.3, -0.25) is 19.7 Å².